The number of halogens is 1. The zero-order chi connectivity index (χ0) is 18.6. The summed E-state index contributed by atoms with van der Waals surface area (Å²) in [7, 11) is 0. The van der Waals surface area contributed by atoms with E-state index in [-0.39, 0.29) is 17.8 Å². The van der Waals surface area contributed by atoms with Crippen LogP contribution in [0.1, 0.15) is 31.2 Å². The van der Waals surface area contributed by atoms with Gasteiger partial charge in [-0.25, -0.2) is 4.39 Å². The Bertz CT molecular complexity index is 785. The standard InChI is InChI=1S/C22H25FN2O2/c23-20-4-1-2-5-21(20)27-19-11-14-24(15-12-19)16-17-7-9-18(10-8-17)25-13-3-6-22(25)26/h1-2,4-5,7-10,19H,3,6,11-16H2. The van der Waals surface area contributed by atoms with Crippen LogP contribution in [0.3, 0.4) is 0 Å². The number of likely N-dealkylation sites (tertiary alicyclic amines) is 1. The molecule has 4 rings (SSSR count). The van der Waals surface area contributed by atoms with E-state index in [4.69, 9.17) is 4.74 Å². The minimum Gasteiger partial charge on any atom is -0.487 e. The second kappa shape index (κ2) is 8.09. The van der Waals surface area contributed by atoms with E-state index in [2.05, 4.69) is 17.0 Å². The third kappa shape index (κ3) is 4.30. The molecule has 0 aromatic heterocycles. The smallest absolute Gasteiger partial charge is 0.227 e. The van der Waals surface area contributed by atoms with E-state index in [0.29, 0.717) is 12.2 Å². The molecule has 142 valence electrons. The average molecular weight is 368 g/mol. The maximum atomic E-state index is 13.7. The second-order valence-electron chi connectivity index (χ2n) is 7.34. The molecule has 0 spiro atoms. The molecule has 27 heavy (non-hydrogen) atoms. The Morgan fingerprint density at radius 2 is 1.74 bits per heavy atom. The van der Waals surface area contributed by atoms with E-state index < -0.39 is 0 Å². The van der Waals surface area contributed by atoms with E-state index in [1.807, 2.05) is 17.0 Å². The van der Waals surface area contributed by atoms with Crippen molar-refractivity contribution in [2.24, 2.45) is 0 Å². The fourth-order valence-electron chi connectivity index (χ4n) is 3.87. The van der Waals surface area contributed by atoms with Crippen LogP contribution < -0.4 is 9.64 Å². The topological polar surface area (TPSA) is 32.8 Å². The SMILES string of the molecule is O=C1CCCN1c1ccc(CN2CCC(Oc3ccccc3F)CC2)cc1. The van der Waals surface area contributed by atoms with Crippen molar-refractivity contribution in [3.63, 3.8) is 0 Å². The van der Waals surface area contributed by atoms with Gasteiger partial charge in [-0.05, 0) is 49.1 Å². The zero-order valence-electron chi connectivity index (χ0n) is 15.4. The number of ether oxygens (including phenoxy) is 1. The molecule has 2 aliphatic heterocycles. The molecular weight excluding hydrogens is 343 g/mol. The number of carbonyl (C=O) groups excluding carboxylic acids is 1. The molecule has 2 aromatic rings. The third-order valence-electron chi connectivity index (χ3n) is 5.39. The fourth-order valence-corrected chi connectivity index (χ4v) is 3.87. The summed E-state index contributed by atoms with van der Waals surface area (Å²) in [6, 6.07) is 14.9. The van der Waals surface area contributed by atoms with Gasteiger partial charge in [-0.3, -0.25) is 9.69 Å². The van der Waals surface area contributed by atoms with Crippen LogP contribution in [0.4, 0.5) is 10.1 Å². The van der Waals surface area contributed by atoms with E-state index >= 15 is 0 Å². The van der Waals surface area contributed by atoms with Gasteiger partial charge in [0, 0.05) is 38.3 Å². The van der Waals surface area contributed by atoms with Crippen LogP contribution in [0, 0.1) is 5.82 Å². The Kier molecular flexibility index (Phi) is 5.39. The average Bonchev–Trinajstić information content (AvgIpc) is 3.12. The van der Waals surface area contributed by atoms with E-state index in [1.165, 1.54) is 11.6 Å². The molecule has 2 aromatic carbocycles. The quantitative estimate of drug-likeness (QED) is 0.800. The molecule has 0 radical (unpaired) electrons. The number of rotatable bonds is 5. The Hall–Kier alpha value is -2.40. The summed E-state index contributed by atoms with van der Waals surface area (Å²) in [6.45, 7) is 3.59. The number of nitrogens with zero attached hydrogens (tertiary/aromatic N) is 2. The van der Waals surface area contributed by atoms with E-state index in [0.717, 1.165) is 51.1 Å². The number of carbonyl (C=O) groups is 1. The Morgan fingerprint density at radius 3 is 2.41 bits per heavy atom. The van der Waals surface area contributed by atoms with Crippen molar-refractivity contribution >= 4 is 11.6 Å². The number of anilines is 1. The van der Waals surface area contributed by atoms with Crippen molar-refractivity contribution in [2.75, 3.05) is 24.5 Å². The lowest BCUT2D eigenvalue weighted by Gasteiger charge is -2.32. The first-order valence-corrected chi connectivity index (χ1v) is 9.72. The molecule has 0 N–H and O–H groups in total. The Morgan fingerprint density at radius 1 is 1.00 bits per heavy atom. The molecular formula is C22H25FN2O2. The van der Waals surface area contributed by atoms with Gasteiger partial charge in [0.15, 0.2) is 11.6 Å². The number of benzene rings is 2. The summed E-state index contributed by atoms with van der Waals surface area (Å²) in [5.74, 6) is 0.277. The largest absolute Gasteiger partial charge is 0.487 e. The molecule has 2 saturated heterocycles. The highest BCUT2D eigenvalue weighted by atomic mass is 19.1. The fraction of sp³-hybridized carbons (Fsp3) is 0.409. The predicted molar refractivity (Wildman–Crippen MR) is 103 cm³/mol. The molecule has 0 atom stereocenters. The van der Waals surface area contributed by atoms with Crippen LogP contribution in [0.2, 0.25) is 0 Å². The van der Waals surface area contributed by atoms with Gasteiger partial charge in [-0.1, -0.05) is 24.3 Å². The van der Waals surface area contributed by atoms with E-state index in [9.17, 15) is 9.18 Å². The summed E-state index contributed by atoms with van der Waals surface area (Å²) in [4.78, 5) is 16.1. The van der Waals surface area contributed by atoms with Gasteiger partial charge in [0.2, 0.25) is 5.91 Å². The van der Waals surface area contributed by atoms with Crippen LogP contribution in [0.25, 0.3) is 0 Å². The van der Waals surface area contributed by atoms with E-state index in [1.54, 1.807) is 18.2 Å². The zero-order valence-corrected chi connectivity index (χ0v) is 15.4. The predicted octanol–water partition coefficient (Wildman–Crippen LogP) is 4.00. The Balaban J connectivity index is 1.28. The lowest BCUT2D eigenvalue weighted by Crippen LogP contribution is -2.37. The van der Waals surface area contributed by atoms with Crippen molar-refractivity contribution in [2.45, 2.75) is 38.3 Å². The third-order valence-corrected chi connectivity index (χ3v) is 5.39. The molecule has 2 heterocycles. The maximum absolute atomic E-state index is 13.7. The number of para-hydroxylation sites is 1. The van der Waals surface area contributed by atoms with Crippen molar-refractivity contribution in [3.05, 3.63) is 59.9 Å². The number of piperidine rings is 1. The first-order valence-electron chi connectivity index (χ1n) is 9.72. The van der Waals surface area contributed by atoms with Crippen LogP contribution in [-0.4, -0.2) is 36.5 Å². The minimum absolute atomic E-state index is 0.0710. The Labute approximate surface area is 159 Å². The van der Waals surface area contributed by atoms with Gasteiger partial charge in [0.1, 0.15) is 6.10 Å². The van der Waals surface area contributed by atoms with Gasteiger partial charge in [-0.2, -0.15) is 0 Å². The van der Waals surface area contributed by atoms with Gasteiger partial charge < -0.3 is 9.64 Å². The van der Waals surface area contributed by atoms with Crippen LogP contribution in [0.15, 0.2) is 48.5 Å². The van der Waals surface area contributed by atoms with Crippen molar-refractivity contribution in [3.8, 4) is 5.75 Å². The van der Waals surface area contributed by atoms with Gasteiger partial charge in [0.05, 0.1) is 0 Å². The van der Waals surface area contributed by atoms with Crippen molar-refractivity contribution < 1.29 is 13.9 Å². The second-order valence-corrected chi connectivity index (χ2v) is 7.34. The summed E-state index contributed by atoms with van der Waals surface area (Å²) in [5, 5.41) is 0. The lowest BCUT2D eigenvalue weighted by molar-refractivity contribution is -0.117. The molecule has 4 nitrogen and oxygen atoms in total. The molecule has 0 aliphatic carbocycles. The lowest BCUT2D eigenvalue weighted by atomic mass is 10.1. The van der Waals surface area contributed by atoms with Crippen molar-refractivity contribution in [1.82, 2.24) is 4.90 Å². The highest BCUT2D eigenvalue weighted by molar-refractivity contribution is 5.95. The summed E-state index contributed by atoms with van der Waals surface area (Å²) in [6.07, 6.45) is 3.47. The van der Waals surface area contributed by atoms with Crippen LogP contribution >= 0.6 is 0 Å². The highest BCUT2D eigenvalue weighted by Gasteiger charge is 2.23. The molecule has 0 unspecified atom stereocenters. The molecule has 2 aliphatic rings. The highest BCUT2D eigenvalue weighted by Crippen LogP contribution is 2.24. The minimum atomic E-state index is -0.295. The number of hydrogen-bond donors (Lipinski definition) is 0. The first-order chi connectivity index (χ1) is 13.2. The van der Waals surface area contributed by atoms with Gasteiger partial charge >= 0.3 is 0 Å². The van der Waals surface area contributed by atoms with Gasteiger partial charge in [-0.15, -0.1) is 0 Å². The molecule has 0 bridgehead atoms. The number of hydrogen-bond acceptors (Lipinski definition) is 3. The first kappa shape index (κ1) is 18.0. The van der Waals surface area contributed by atoms with Crippen LogP contribution in [-0.2, 0) is 11.3 Å². The molecule has 0 saturated carbocycles. The summed E-state index contributed by atoms with van der Waals surface area (Å²) < 4.78 is 19.5. The summed E-state index contributed by atoms with van der Waals surface area (Å²) >= 11 is 0. The monoisotopic (exact) mass is 368 g/mol. The molecule has 5 heteroatoms. The molecule has 1 amide bonds. The van der Waals surface area contributed by atoms with Gasteiger partial charge in [0.25, 0.3) is 0 Å². The maximum Gasteiger partial charge on any atom is 0.227 e. The normalized spacial score (nSPS) is 18.9. The van der Waals surface area contributed by atoms with Crippen molar-refractivity contribution in [1.29, 1.82) is 0 Å². The summed E-state index contributed by atoms with van der Waals surface area (Å²) in [5.41, 5.74) is 2.25. The van der Waals surface area contributed by atoms with Crippen LogP contribution in [0.5, 0.6) is 5.75 Å². The number of amides is 1. The molecule has 2 fully saturated rings.